The highest BCUT2D eigenvalue weighted by molar-refractivity contribution is 7.98. The Balaban J connectivity index is 3.10. The molecule has 0 aliphatic heterocycles. The molecule has 0 aromatic heterocycles. The standard InChI is InChI=1S/C7H14O3S2/c1-11-5-3-9-7(8)10-4-6-12-2/h3-6H2,1-2H3. The molecule has 0 saturated carbocycles. The lowest BCUT2D eigenvalue weighted by Gasteiger charge is -2.03. The van der Waals surface area contributed by atoms with Crippen LogP contribution in [0.5, 0.6) is 0 Å². The zero-order valence-electron chi connectivity index (χ0n) is 7.37. The molecule has 0 aliphatic rings. The molecule has 0 unspecified atom stereocenters. The molecule has 0 aromatic carbocycles. The minimum atomic E-state index is -0.557. The van der Waals surface area contributed by atoms with Crippen LogP contribution in [0.4, 0.5) is 4.79 Å². The highest BCUT2D eigenvalue weighted by Crippen LogP contribution is 1.95. The summed E-state index contributed by atoms with van der Waals surface area (Å²) in [5, 5.41) is 0. The average molecular weight is 210 g/mol. The van der Waals surface area contributed by atoms with Crippen LogP contribution in [0.1, 0.15) is 0 Å². The molecular formula is C7H14O3S2. The number of hydrogen-bond acceptors (Lipinski definition) is 5. The molecule has 3 nitrogen and oxygen atoms in total. The molecule has 72 valence electrons. The summed E-state index contributed by atoms with van der Waals surface area (Å²) in [7, 11) is 0. The van der Waals surface area contributed by atoms with Gasteiger partial charge in [0.25, 0.3) is 0 Å². The van der Waals surface area contributed by atoms with Crippen molar-refractivity contribution < 1.29 is 14.3 Å². The quantitative estimate of drug-likeness (QED) is 0.494. The Bertz CT molecular complexity index is 107. The third-order valence-corrected chi connectivity index (χ3v) is 2.16. The maximum atomic E-state index is 10.7. The lowest BCUT2D eigenvalue weighted by Crippen LogP contribution is -2.11. The van der Waals surface area contributed by atoms with Gasteiger partial charge in [-0.15, -0.1) is 0 Å². The summed E-state index contributed by atoms with van der Waals surface area (Å²) in [4.78, 5) is 10.7. The van der Waals surface area contributed by atoms with Gasteiger partial charge in [-0.2, -0.15) is 23.5 Å². The van der Waals surface area contributed by atoms with Crippen molar-refractivity contribution in [2.45, 2.75) is 0 Å². The Morgan fingerprint density at radius 1 is 1.08 bits per heavy atom. The van der Waals surface area contributed by atoms with E-state index in [0.29, 0.717) is 13.2 Å². The van der Waals surface area contributed by atoms with Gasteiger partial charge >= 0.3 is 6.16 Å². The second-order valence-corrected chi connectivity index (χ2v) is 3.90. The van der Waals surface area contributed by atoms with Gasteiger partial charge in [0.05, 0.1) is 0 Å². The van der Waals surface area contributed by atoms with Crippen LogP contribution >= 0.6 is 23.5 Å². The van der Waals surface area contributed by atoms with E-state index in [9.17, 15) is 4.79 Å². The second-order valence-electron chi connectivity index (χ2n) is 1.93. The van der Waals surface area contributed by atoms with Gasteiger partial charge in [-0.1, -0.05) is 0 Å². The summed E-state index contributed by atoms with van der Waals surface area (Å²) in [6.45, 7) is 0.860. The monoisotopic (exact) mass is 210 g/mol. The molecule has 0 saturated heterocycles. The predicted molar refractivity (Wildman–Crippen MR) is 54.1 cm³/mol. The lowest BCUT2D eigenvalue weighted by molar-refractivity contribution is 0.0645. The summed E-state index contributed by atoms with van der Waals surface area (Å²) >= 11 is 3.27. The van der Waals surface area contributed by atoms with Crippen LogP contribution in [0.2, 0.25) is 0 Å². The van der Waals surface area contributed by atoms with Gasteiger partial charge < -0.3 is 9.47 Å². The molecule has 0 radical (unpaired) electrons. The van der Waals surface area contributed by atoms with Crippen molar-refractivity contribution in [3.8, 4) is 0 Å². The smallest absolute Gasteiger partial charge is 0.433 e. The van der Waals surface area contributed by atoms with Crippen LogP contribution < -0.4 is 0 Å². The van der Waals surface area contributed by atoms with E-state index in [2.05, 4.69) is 0 Å². The topological polar surface area (TPSA) is 35.5 Å². The third-order valence-electron chi connectivity index (χ3n) is 1.01. The normalized spacial score (nSPS) is 9.50. The molecule has 12 heavy (non-hydrogen) atoms. The molecule has 0 fully saturated rings. The summed E-state index contributed by atoms with van der Waals surface area (Å²) in [6, 6.07) is 0. The number of thioether (sulfide) groups is 2. The molecule has 0 aromatic rings. The lowest BCUT2D eigenvalue weighted by atomic mass is 10.8. The van der Waals surface area contributed by atoms with Crippen LogP contribution in [-0.4, -0.2) is 43.4 Å². The van der Waals surface area contributed by atoms with E-state index in [0.717, 1.165) is 11.5 Å². The minimum Gasteiger partial charge on any atom is -0.433 e. The molecule has 0 spiro atoms. The van der Waals surface area contributed by atoms with Crippen molar-refractivity contribution in [2.24, 2.45) is 0 Å². The van der Waals surface area contributed by atoms with Crippen molar-refractivity contribution >= 4 is 29.7 Å². The van der Waals surface area contributed by atoms with Gasteiger partial charge in [0.2, 0.25) is 0 Å². The van der Waals surface area contributed by atoms with Crippen molar-refractivity contribution in [2.75, 3.05) is 37.2 Å². The number of hydrogen-bond donors (Lipinski definition) is 0. The third kappa shape index (κ3) is 8.07. The Morgan fingerprint density at radius 2 is 1.50 bits per heavy atom. The predicted octanol–water partition coefficient (Wildman–Crippen LogP) is 1.87. The molecule has 0 bridgehead atoms. The molecule has 5 heteroatoms. The molecule has 0 heterocycles. The van der Waals surface area contributed by atoms with Crippen LogP contribution in [-0.2, 0) is 9.47 Å². The maximum Gasteiger partial charge on any atom is 0.508 e. The van der Waals surface area contributed by atoms with E-state index in [1.807, 2.05) is 12.5 Å². The maximum absolute atomic E-state index is 10.7. The van der Waals surface area contributed by atoms with Crippen molar-refractivity contribution in [3.63, 3.8) is 0 Å². The van der Waals surface area contributed by atoms with Gasteiger partial charge in [-0.25, -0.2) is 4.79 Å². The zero-order valence-corrected chi connectivity index (χ0v) is 9.00. The summed E-state index contributed by atoms with van der Waals surface area (Å²) in [5.41, 5.74) is 0. The van der Waals surface area contributed by atoms with E-state index in [4.69, 9.17) is 9.47 Å². The SMILES string of the molecule is CSCCOC(=O)OCCSC. The largest absolute Gasteiger partial charge is 0.508 e. The molecule has 0 rings (SSSR count). The average Bonchev–Trinajstić information content (AvgIpc) is 2.06. The first-order valence-electron chi connectivity index (χ1n) is 3.58. The number of rotatable bonds is 6. The highest BCUT2D eigenvalue weighted by atomic mass is 32.2. The van der Waals surface area contributed by atoms with Crippen LogP contribution in [0, 0.1) is 0 Å². The van der Waals surface area contributed by atoms with Gasteiger partial charge in [-0.3, -0.25) is 0 Å². The Labute approximate surface area is 81.6 Å². The molecule has 0 N–H and O–H groups in total. The highest BCUT2D eigenvalue weighted by Gasteiger charge is 2.01. The van der Waals surface area contributed by atoms with Crippen molar-refractivity contribution in [1.29, 1.82) is 0 Å². The molecule has 0 atom stereocenters. The molecule has 0 amide bonds. The van der Waals surface area contributed by atoms with E-state index in [1.54, 1.807) is 23.5 Å². The molecule has 0 aliphatic carbocycles. The van der Waals surface area contributed by atoms with E-state index in [-0.39, 0.29) is 0 Å². The fraction of sp³-hybridized carbons (Fsp3) is 0.857. The van der Waals surface area contributed by atoms with Crippen molar-refractivity contribution in [3.05, 3.63) is 0 Å². The second kappa shape index (κ2) is 9.06. The number of carbonyl (C=O) groups excluding carboxylic acids is 1. The zero-order chi connectivity index (χ0) is 9.23. The fourth-order valence-corrected chi connectivity index (χ4v) is 0.958. The van der Waals surface area contributed by atoms with Gasteiger partial charge in [-0.05, 0) is 12.5 Å². The first-order chi connectivity index (χ1) is 5.81. The van der Waals surface area contributed by atoms with Gasteiger partial charge in [0.15, 0.2) is 0 Å². The Kier molecular flexibility index (Phi) is 9.04. The Hall–Kier alpha value is -0.0300. The van der Waals surface area contributed by atoms with Crippen LogP contribution in [0.15, 0.2) is 0 Å². The van der Waals surface area contributed by atoms with E-state index < -0.39 is 6.16 Å². The summed E-state index contributed by atoms with van der Waals surface area (Å²) < 4.78 is 9.48. The fourth-order valence-electron chi connectivity index (χ4n) is 0.458. The Morgan fingerprint density at radius 3 is 1.83 bits per heavy atom. The van der Waals surface area contributed by atoms with Crippen LogP contribution in [0.3, 0.4) is 0 Å². The molecular weight excluding hydrogens is 196 g/mol. The number of carbonyl (C=O) groups is 1. The number of ether oxygens (including phenoxy) is 2. The first kappa shape index (κ1) is 12.0. The summed E-state index contributed by atoms with van der Waals surface area (Å²) in [6.07, 6.45) is 3.36. The summed E-state index contributed by atoms with van der Waals surface area (Å²) in [5.74, 6) is 1.63. The minimum absolute atomic E-state index is 0.430. The van der Waals surface area contributed by atoms with Crippen molar-refractivity contribution in [1.82, 2.24) is 0 Å². The van der Waals surface area contributed by atoms with Crippen LogP contribution in [0.25, 0.3) is 0 Å². The van der Waals surface area contributed by atoms with Gasteiger partial charge in [0.1, 0.15) is 13.2 Å². The van der Waals surface area contributed by atoms with Gasteiger partial charge in [0, 0.05) is 11.5 Å². The van der Waals surface area contributed by atoms with E-state index in [1.165, 1.54) is 0 Å². The first-order valence-corrected chi connectivity index (χ1v) is 6.37. The van der Waals surface area contributed by atoms with E-state index >= 15 is 0 Å².